The first kappa shape index (κ1) is 18.7. The minimum atomic E-state index is -0.475. The van der Waals surface area contributed by atoms with E-state index in [1.807, 2.05) is 0 Å². The topological polar surface area (TPSA) is 90.7 Å². The Morgan fingerprint density at radius 1 is 1.15 bits per heavy atom. The summed E-state index contributed by atoms with van der Waals surface area (Å²) in [6.45, 7) is 9.55. The van der Waals surface area contributed by atoms with Crippen LogP contribution < -0.4 is 15.8 Å². The fourth-order valence-electron chi connectivity index (χ4n) is 3.98. The van der Waals surface area contributed by atoms with Gasteiger partial charge in [0.1, 0.15) is 11.9 Å². The Balaban J connectivity index is 1.65. The summed E-state index contributed by atoms with van der Waals surface area (Å²) in [6.07, 6.45) is 0.445. The Morgan fingerprint density at radius 2 is 1.77 bits per heavy atom. The van der Waals surface area contributed by atoms with E-state index in [0.717, 1.165) is 0 Å². The van der Waals surface area contributed by atoms with Gasteiger partial charge in [0.2, 0.25) is 11.8 Å². The van der Waals surface area contributed by atoms with Gasteiger partial charge in [-0.1, -0.05) is 27.7 Å². The highest BCUT2D eigenvalue weighted by Crippen LogP contribution is 2.68. The van der Waals surface area contributed by atoms with E-state index in [-0.39, 0.29) is 34.8 Å². The van der Waals surface area contributed by atoms with Crippen molar-refractivity contribution in [3.05, 3.63) is 29.8 Å². The van der Waals surface area contributed by atoms with E-state index in [4.69, 9.17) is 15.2 Å². The number of ether oxygens (including phenoxy) is 2. The van der Waals surface area contributed by atoms with Gasteiger partial charge in [-0.05, 0) is 41.5 Å². The minimum Gasteiger partial charge on any atom is -0.486 e. The number of carbonyl (C=O) groups is 2. The molecule has 6 heteroatoms. The van der Waals surface area contributed by atoms with Crippen molar-refractivity contribution in [3.63, 3.8) is 0 Å². The molecule has 142 valence electrons. The van der Waals surface area contributed by atoms with Gasteiger partial charge in [-0.15, -0.1) is 0 Å². The van der Waals surface area contributed by atoms with Crippen molar-refractivity contribution in [1.82, 2.24) is 5.32 Å². The van der Waals surface area contributed by atoms with Gasteiger partial charge in [-0.2, -0.15) is 0 Å². The first-order valence-electron chi connectivity index (χ1n) is 9.09. The summed E-state index contributed by atoms with van der Waals surface area (Å²) in [5.74, 6) is 0.243. The number of benzene rings is 1. The molecule has 0 aromatic heterocycles. The van der Waals surface area contributed by atoms with E-state index in [0.29, 0.717) is 30.9 Å². The van der Waals surface area contributed by atoms with Crippen LogP contribution in [0.2, 0.25) is 0 Å². The molecule has 1 heterocycles. The fraction of sp³-hybridized carbons (Fsp3) is 0.600. The molecular formula is C20H28N2O4. The van der Waals surface area contributed by atoms with Crippen molar-refractivity contribution in [2.45, 2.75) is 46.3 Å². The third kappa shape index (κ3) is 3.30. The van der Waals surface area contributed by atoms with Gasteiger partial charge < -0.3 is 20.5 Å². The molecule has 2 aliphatic rings. The summed E-state index contributed by atoms with van der Waals surface area (Å²) in [7, 11) is 0. The van der Waals surface area contributed by atoms with Gasteiger partial charge in [0.15, 0.2) is 0 Å². The Kier molecular flexibility index (Phi) is 4.73. The van der Waals surface area contributed by atoms with E-state index < -0.39 is 5.91 Å². The molecule has 0 unspecified atom stereocenters. The predicted molar refractivity (Wildman–Crippen MR) is 97.8 cm³/mol. The molecule has 1 aliphatic carbocycles. The van der Waals surface area contributed by atoms with Crippen molar-refractivity contribution >= 4 is 11.8 Å². The van der Waals surface area contributed by atoms with Gasteiger partial charge in [0, 0.05) is 18.1 Å². The number of amides is 2. The van der Waals surface area contributed by atoms with Crippen LogP contribution in [0.4, 0.5) is 0 Å². The van der Waals surface area contributed by atoms with Crippen LogP contribution in [0.3, 0.4) is 0 Å². The van der Waals surface area contributed by atoms with E-state index >= 15 is 0 Å². The zero-order valence-electron chi connectivity index (χ0n) is 15.9. The van der Waals surface area contributed by atoms with Crippen LogP contribution in [0.25, 0.3) is 0 Å². The minimum absolute atomic E-state index is 0.00317. The molecule has 2 atom stereocenters. The number of hydrogen-bond donors (Lipinski definition) is 2. The molecule has 0 bridgehead atoms. The zero-order valence-corrected chi connectivity index (χ0v) is 15.9. The second-order valence-corrected chi connectivity index (χ2v) is 8.40. The quantitative estimate of drug-likeness (QED) is 0.841. The van der Waals surface area contributed by atoms with E-state index in [1.54, 1.807) is 24.3 Å². The van der Waals surface area contributed by atoms with Crippen LogP contribution in [-0.2, 0) is 9.53 Å². The lowest BCUT2D eigenvalue weighted by atomic mass is 10.0. The predicted octanol–water partition coefficient (Wildman–Crippen LogP) is 2.12. The molecule has 6 nitrogen and oxygen atoms in total. The Morgan fingerprint density at radius 3 is 2.31 bits per heavy atom. The molecule has 3 rings (SSSR count). The van der Waals surface area contributed by atoms with E-state index in [1.165, 1.54) is 0 Å². The monoisotopic (exact) mass is 360 g/mol. The molecular weight excluding hydrogens is 332 g/mol. The van der Waals surface area contributed by atoms with E-state index in [2.05, 4.69) is 33.0 Å². The van der Waals surface area contributed by atoms with E-state index in [9.17, 15) is 9.59 Å². The summed E-state index contributed by atoms with van der Waals surface area (Å²) >= 11 is 0. The Bertz CT molecular complexity index is 682. The SMILES string of the molecule is CC1(C)C(C(=O)N[C@@H]2CCOC[C@H]2Oc2ccc(C(N)=O)cc2)C1(C)C. The van der Waals surface area contributed by atoms with Crippen molar-refractivity contribution in [3.8, 4) is 5.75 Å². The van der Waals surface area contributed by atoms with Crippen LogP contribution >= 0.6 is 0 Å². The number of primary amides is 1. The second kappa shape index (κ2) is 6.58. The molecule has 1 saturated carbocycles. The average Bonchev–Trinajstić information content (AvgIpc) is 2.99. The van der Waals surface area contributed by atoms with Crippen molar-refractivity contribution < 1.29 is 19.1 Å². The molecule has 3 N–H and O–H groups in total. The summed E-state index contributed by atoms with van der Waals surface area (Å²) in [6, 6.07) is 6.58. The fourth-order valence-corrected chi connectivity index (χ4v) is 3.98. The maximum absolute atomic E-state index is 12.8. The molecule has 1 saturated heterocycles. The van der Waals surface area contributed by atoms with Crippen molar-refractivity contribution in [2.75, 3.05) is 13.2 Å². The maximum atomic E-state index is 12.8. The van der Waals surface area contributed by atoms with Crippen molar-refractivity contribution in [2.24, 2.45) is 22.5 Å². The third-order valence-electron chi connectivity index (χ3n) is 6.34. The number of nitrogens with two attached hydrogens (primary N) is 1. The van der Waals surface area contributed by atoms with Crippen LogP contribution in [0, 0.1) is 16.7 Å². The number of carbonyl (C=O) groups excluding carboxylic acids is 2. The standard InChI is InChI=1S/C20H28N2O4/c1-19(2)16(20(19,3)4)18(24)22-14-9-10-25-11-15(14)26-13-7-5-12(6-8-13)17(21)23/h5-8,14-16H,9-11H2,1-4H3,(H2,21,23)(H,22,24)/t14-,15-/m1/s1. The lowest BCUT2D eigenvalue weighted by molar-refractivity contribution is -0.126. The van der Waals surface area contributed by atoms with Crippen LogP contribution in [0.15, 0.2) is 24.3 Å². The third-order valence-corrected chi connectivity index (χ3v) is 6.34. The summed E-state index contributed by atoms with van der Waals surface area (Å²) < 4.78 is 11.6. The molecule has 26 heavy (non-hydrogen) atoms. The molecule has 0 spiro atoms. The molecule has 1 aliphatic heterocycles. The molecule has 1 aromatic carbocycles. The van der Waals surface area contributed by atoms with Gasteiger partial charge in [0.05, 0.1) is 12.6 Å². The first-order chi connectivity index (χ1) is 12.1. The molecule has 0 radical (unpaired) electrons. The largest absolute Gasteiger partial charge is 0.486 e. The van der Waals surface area contributed by atoms with Gasteiger partial charge in [-0.25, -0.2) is 0 Å². The summed E-state index contributed by atoms with van der Waals surface area (Å²) in [4.78, 5) is 23.9. The van der Waals surface area contributed by atoms with Crippen LogP contribution in [0.1, 0.15) is 44.5 Å². The first-order valence-corrected chi connectivity index (χ1v) is 9.09. The average molecular weight is 360 g/mol. The molecule has 2 fully saturated rings. The normalized spacial score (nSPS) is 26.8. The second-order valence-electron chi connectivity index (χ2n) is 8.40. The smallest absolute Gasteiger partial charge is 0.248 e. The Labute approximate surface area is 154 Å². The lowest BCUT2D eigenvalue weighted by Crippen LogP contribution is -2.52. The Hall–Kier alpha value is -2.08. The van der Waals surface area contributed by atoms with Crippen molar-refractivity contribution in [1.29, 1.82) is 0 Å². The summed E-state index contributed by atoms with van der Waals surface area (Å²) in [5.41, 5.74) is 5.69. The maximum Gasteiger partial charge on any atom is 0.248 e. The number of rotatable bonds is 5. The van der Waals surface area contributed by atoms with Gasteiger partial charge in [-0.3, -0.25) is 9.59 Å². The van der Waals surface area contributed by atoms with Gasteiger partial charge >= 0.3 is 0 Å². The molecule has 2 amide bonds. The zero-order chi connectivity index (χ0) is 19.1. The van der Waals surface area contributed by atoms with Crippen LogP contribution in [-0.4, -0.2) is 37.2 Å². The molecule has 1 aromatic rings. The number of nitrogens with one attached hydrogen (secondary N) is 1. The number of hydrogen-bond acceptors (Lipinski definition) is 4. The highest BCUT2D eigenvalue weighted by atomic mass is 16.5. The highest BCUT2D eigenvalue weighted by Gasteiger charge is 2.68. The lowest BCUT2D eigenvalue weighted by Gasteiger charge is -2.32. The highest BCUT2D eigenvalue weighted by molar-refractivity contribution is 5.92. The van der Waals surface area contributed by atoms with Gasteiger partial charge in [0.25, 0.3) is 0 Å². The summed E-state index contributed by atoms with van der Waals surface area (Å²) in [5, 5.41) is 3.17. The van der Waals surface area contributed by atoms with Crippen LogP contribution in [0.5, 0.6) is 5.75 Å².